The molecule has 0 bridgehead atoms. The summed E-state index contributed by atoms with van der Waals surface area (Å²) in [6.07, 6.45) is -0.308. The summed E-state index contributed by atoms with van der Waals surface area (Å²) in [6, 6.07) is 1.90. The van der Waals surface area contributed by atoms with E-state index in [1.807, 2.05) is 0 Å². The molecule has 1 aromatic carbocycles. The lowest BCUT2D eigenvalue weighted by molar-refractivity contribution is -0.142. The van der Waals surface area contributed by atoms with Crippen LogP contribution >= 0.6 is 0 Å². The predicted octanol–water partition coefficient (Wildman–Crippen LogP) is 0.234. The maximum atomic E-state index is 11.9. The van der Waals surface area contributed by atoms with E-state index in [1.165, 1.54) is 7.11 Å². The minimum absolute atomic E-state index is 0.100. The lowest BCUT2D eigenvalue weighted by Crippen LogP contribution is -2.41. The van der Waals surface area contributed by atoms with Gasteiger partial charge < -0.3 is 25.4 Å². The van der Waals surface area contributed by atoms with Gasteiger partial charge in [0, 0.05) is 18.1 Å². The highest BCUT2D eigenvalue weighted by atomic mass is 16.5. The van der Waals surface area contributed by atoms with Crippen molar-refractivity contribution in [1.29, 1.82) is 0 Å². The van der Waals surface area contributed by atoms with Gasteiger partial charge >= 0.3 is 11.9 Å². The molecule has 0 aliphatic rings. The number of aliphatic carboxylic acids is 1. The fourth-order valence-electron chi connectivity index (χ4n) is 1.59. The molecule has 8 nitrogen and oxygen atoms in total. The van der Waals surface area contributed by atoms with Crippen molar-refractivity contribution in [3.63, 3.8) is 0 Å². The van der Waals surface area contributed by atoms with Crippen LogP contribution in [0.2, 0.25) is 0 Å². The van der Waals surface area contributed by atoms with Gasteiger partial charge in [-0.15, -0.1) is 0 Å². The number of methoxy groups -OCH3 is 1. The number of esters is 1. The summed E-state index contributed by atoms with van der Waals surface area (Å²) >= 11 is 0. The summed E-state index contributed by atoms with van der Waals surface area (Å²) in [5, 5.41) is 29.7. The number of amides is 1. The number of benzene rings is 1. The van der Waals surface area contributed by atoms with E-state index in [0.29, 0.717) is 0 Å². The van der Waals surface area contributed by atoms with Gasteiger partial charge in [-0.2, -0.15) is 0 Å². The minimum atomic E-state index is -1.31. The molecular formula is C13H15NO7. The molecule has 0 heterocycles. The lowest BCUT2D eigenvalue weighted by atomic mass is 10.1. The number of rotatable bonds is 6. The standard InChI is InChI=1S/C13H15NO7/c1-21-11(17)3-2-10(13(19)20)14-12(18)7-4-8(15)6-9(16)5-7/h4-6,10,15-16H,2-3H2,1H3,(H,14,18)(H,19,20). The number of hydrogen-bond acceptors (Lipinski definition) is 6. The van der Waals surface area contributed by atoms with Gasteiger partial charge in [-0.25, -0.2) is 4.79 Å². The third-order valence-electron chi connectivity index (χ3n) is 2.63. The van der Waals surface area contributed by atoms with Crippen LogP contribution in [0.15, 0.2) is 18.2 Å². The molecule has 21 heavy (non-hydrogen) atoms. The Morgan fingerprint density at radius 3 is 2.24 bits per heavy atom. The highest BCUT2D eigenvalue weighted by Gasteiger charge is 2.22. The second-order valence-corrected chi connectivity index (χ2v) is 4.22. The molecule has 0 fully saturated rings. The summed E-state index contributed by atoms with van der Waals surface area (Å²) in [5.41, 5.74) is -0.100. The fourth-order valence-corrected chi connectivity index (χ4v) is 1.59. The zero-order valence-corrected chi connectivity index (χ0v) is 11.2. The van der Waals surface area contributed by atoms with Crippen LogP contribution in [0.5, 0.6) is 11.5 Å². The second-order valence-electron chi connectivity index (χ2n) is 4.22. The van der Waals surface area contributed by atoms with Gasteiger partial charge in [-0.3, -0.25) is 9.59 Å². The third kappa shape index (κ3) is 5.01. The molecule has 4 N–H and O–H groups in total. The van der Waals surface area contributed by atoms with Gasteiger partial charge in [-0.05, 0) is 18.6 Å². The maximum absolute atomic E-state index is 11.9. The van der Waals surface area contributed by atoms with E-state index in [2.05, 4.69) is 10.1 Å². The van der Waals surface area contributed by atoms with Gasteiger partial charge in [0.25, 0.3) is 5.91 Å². The molecule has 1 rings (SSSR count). The number of aromatic hydroxyl groups is 2. The molecule has 0 aliphatic heterocycles. The zero-order valence-electron chi connectivity index (χ0n) is 11.2. The maximum Gasteiger partial charge on any atom is 0.326 e. The van der Waals surface area contributed by atoms with Crippen LogP contribution in [0.4, 0.5) is 0 Å². The van der Waals surface area contributed by atoms with Gasteiger partial charge in [0.2, 0.25) is 0 Å². The summed E-state index contributed by atoms with van der Waals surface area (Å²) in [5.74, 6) is -3.36. The van der Waals surface area contributed by atoms with E-state index >= 15 is 0 Å². The predicted molar refractivity (Wildman–Crippen MR) is 69.9 cm³/mol. The molecule has 1 aromatic rings. The molecule has 0 radical (unpaired) electrons. The smallest absolute Gasteiger partial charge is 0.326 e. The number of carbonyl (C=O) groups is 3. The van der Waals surface area contributed by atoms with Crippen LogP contribution in [-0.2, 0) is 14.3 Å². The van der Waals surface area contributed by atoms with Gasteiger partial charge in [0.05, 0.1) is 7.11 Å². The van der Waals surface area contributed by atoms with Crippen LogP contribution in [0.3, 0.4) is 0 Å². The van der Waals surface area contributed by atoms with Crippen molar-refractivity contribution in [3.05, 3.63) is 23.8 Å². The lowest BCUT2D eigenvalue weighted by Gasteiger charge is -2.14. The number of phenolic OH excluding ortho intramolecular Hbond substituents is 2. The number of ether oxygens (including phenoxy) is 1. The molecule has 0 saturated heterocycles. The first kappa shape index (κ1) is 16.3. The molecule has 8 heteroatoms. The molecule has 0 saturated carbocycles. The van der Waals surface area contributed by atoms with Gasteiger partial charge in [-0.1, -0.05) is 0 Å². The fraction of sp³-hybridized carbons (Fsp3) is 0.308. The Labute approximate surface area is 120 Å². The van der Waals surface area contributed by atoms with Crippen molar-refractivity contribution < 1.29 is 34.4 Å². The van der Waals surface area contributed by atoms with Crippen LogP contribution in [0.1, 0.15) is 23.2 Å². The summed E-state index contributed by atoms with van der Waals surface area (Å²) in [7, 11) is 1.17. The summed E-state index contributed by atoms with van der Waals surface area (Å²) in [4.78, 5) is 33.9. The molecule has 0 aromatic heterocycles. The van der Waals surface area contributed by atoms with Gasteiger partial charge in [0.1, 0.15) is 17.5 Å². The second kappa shape index (κ2) is 7.13. The molecular weight excluding hydrogens is 282 g/mol. The molecule has 1 amide bonds. The Hall–Kier alpha value is -2.77. The molecule has 0 spiro atoms. The average Bonchev–Trinajstić information content (AvgIpc) is 2.41. The SMILES string of the molecule is COC(=O)CCC(NC(=O)c1cc(O)cc(O)c1)C(=O)O. The number of hydrogen-bond donors (Lipinski definition) is 4. The first-order valence-corrected chi connectivity index (χ1v) is 5.97. The first-order valence-electron chi connectivity index (χ1n) is 5.97. The van der Waals surface area contributed by atoms with Gasteiger partial charge in [0.15, 0.2) is 0 Å². The van der Waals surface area contributed by atoms with Crippen LogP contribution in [0.25, 0.3) is 0 Å². The largest absolute Gasteiger partial charge is 0.508 e. The number of carboxylic acid groups (broad SMARTS) is 1. The number of phenols is 2. The molecule has 1 atom stereocenters. The average molecular weight is 297 g/mol. The number of nitrogens with one attached hydrogen (secondary N) is 1. The Balaban J connectivity index is 2.76. The van der Waals surface area contributed by atoms with E-state index in [-0.39, 0.29) is 29.9 Å². The van der Waals surface area contributed by atoms with Crippen molar-refractivity contribution >= 4 is 17.8 Å². The van der Waals surface area contributed by atoms with Crippen molar-refractivity contribution in [1.82, 2.24) is 5.32 Å². The van der Waals surface area contributed by atoms with Crippen LogP contribution in [0, 0.1) is 0 Å². The third-order valence-corrected chi connectivity index (χ3v) is 2.63. The van der Waals surface area contributed by atoms with E-state index < -0.39 is 23.9 Å². The Bertz CT molecular complexity index is 535. The number of carbonyl (C=O) groups excluding carboxylic acids is 2. The molecule has 1 unspecified atom stereocenters. The zero-order chi connectivity index (χ0) is 16.0. The van der Waals surface area contributed by atoms with E-state index in [0.717, 1.165) is 18.2 Å². The Morgan fingerprint density at radius 2 is 1.76 bits per heavy atom. The minimum Gasteiger partial charge on any atom is -0.508 e. The quantitative estimate of drug-likeness (QED) is 0.552. The Kier molecular flexibility index (Phi) is 5.53. The topological polar surface area (TPSA) is 133 Å². The molecule has 114 valence electrons. The van der Waals surface area contributed by atoms with Crippen LogP contribution < -0.4 is 5.32 Å². The summed E-state index contributed by atoms with van der Waals surface area (Å²) < 4.78 is 4.39. The van der Waals surface area contributed by atoms with Crippen LogP contribution in [-0.4, -0.2) is 46.3 Å². The normalized spacial score (nSPS) is 11.5. The number of carboxylic acids is 1. The van der Waals surface area contributed by atoms with E-state index in [4.69, 9.17) is 5.11 Å². The Morgan fingerprint density at radius 1 is 1.19 bits per heavy atom. The van der Waals surface area contributed by atoms with E-state index in [9.17, 15) is 24.6 Å². The summed E-state index contributed by atoms with van der Waals surface area (Å²) in [6.45, 7) is 0. The monoisotopic (exact) mass is 297 g/mol. The van der Waals surface area contributed by atoms with E-state index in [1.54, 1.807) is 0 Å². The van der Waals surface area contributed by atoms with Crippen molar-refractivity contribution in [2.45, 2.75) is 18.9 Å². The molecule has 0 aliphatic carbocycles. The highest BCUT2D eigenvalue weighted by molar-refractivity contribution is 5.97. The van der Waals surface area contributed by atoms with Crippen molar-refractivity contribution in [2.75, 3.05) is 7.11 Å². The first-order chi connectivity index (χ1) is 9.83. The van der Waals surface area contributed by atoms with Crippen molar-refractivity contribution in [3.8, 4) is 11.5 Å². The van der Waals surface area contributed by atoms with Crippen molar-refractivity contribution in [2.24, 2.45) is 0 Å². The highest BCUT2D eigenvalue weighted by Crippen LogP contribution is 2.20.